The predicted molar refractivity (Wildman–Crippen MR) is 101 cm³/mol. The Labute approximate surface area is 144 Å². The summed E-state index contributed by atoms with van der Waals surface area (Å²) in [5.74, 6) is 0. The lowest BCUT2D eigenvalue weighted by Gasteiger charge is -2.04. The van der Waals surface area contributed by atoms with Crippen molar-refractivity contribution in [1.29, 1.82) is 0 Å². The summed E-state index contributed by atoms with van der Waals surface area (Å²) < 4.78 is 5.86. The average Bonchev–Trinajstić information content (AvgIpc) is 2.99. The first-order chi connectivity index (χ1) is 11.7. The van der Waals surface area contributed by atoms with Crippen molar-refractivity contribution >= 4 is 44.9 Å². The smallest absolute Gasteiger partial charge is 0.135 e. The zero-order chi connectivity index (χ0) is 16.5. The van der Waals surface area contributed by atoms with Gasteiger partial charge in [-0.05, 0) is 61.0 Å². The third kappa shape index (κ3) is 2.74. The Hall–Kier alpha value is -2.78. The van der Waals surface area contributed by atoms with Crippen LogP contribution in [0, 0.1) is 0 Å². The lowest BCUT2D eigenvalue weighted by Crippen LogP contribution is -1.99. The van der Waals surface area contributed by atoms with E-state index in [2.05, 4.69) is 22.7 Å². The largest absolute Gasteiger partial charge is 0.456 e. The predicted octanol–water partition coefficient (Wildman–Crippen LogP) is 6.08. The van der Waals surface area contributed by atoms with Crippen LogP contribution in [0.4, 0.5) is 5.69 Å². The van der Waals surface area contributed by atoms with Gasteiger partial charge in [0.05, 0.1) is 11.4 Å². The van der Waals surface area contributed by atoms with Crippen molar-refractivity contribution in [3.8, 4) is 0 Å². The molecule has 1 aromatic heterocycles. The second-order valence-electron chi connectivity index (χ2n) is 5.63. The van der Waals surface area contributed by atoms with Crippen molar-refractivity contribution < 1.29 is 4.42 Å². The Morgan fingerprint density at radius 3 is 2.50 bits per heavy atom. The summed E-state index contributed by atoms with van der Waals surface area (Å²) in [6, 6.07) is 21.6. The summed E-state index contributed by atoms with van der Waals surface area (Å²) in [6.07, 6.45) is 0. The molecule has 0 spiro atoms. The van der Waals surface area contributed by atoms with Crippen LogP contribution in [0.15, 0.2) is 76.2 Å². The Morgan fingerprint density at radius 1 is 0.917 bits per heavy atom. The maximum Gasteiger partial charge on any atom is 0.135 e. The van der Waals surface area contributed by atoms with Gasteiger partial charge in [0, 0.05) is 15.8 Å². The summed E-state index contributed by atoms with van der Waals surface area (Å²) in [5, 5.41) is 7.38. The van der Waals surface area contributed by atoms with Gasteiger partial charge in [0.15, 0.2) is 0 Å². The first-order valence-corrected chi connectivity index (χ1v) is 8.06. The number of hydrazone groups is 1. The minimum atomic E-state index is 0.707. The fourth-order valence-corrected chi connectivity index (χ4v) is 2.81. The molecular formula is C20H15ClN2O. The number of para-hydroxylation sites is 1. The average molecular weight is 335 g/mol. The highest BCUT2D eigenvalue weighted by molar-refractivity contribution is 6.30. The van der Waals surface area contributed by atoms with Gasteiger partial charge in [-0.3, -0.25) is 5.43 Å². The zero-order valence-corrected chi connectivity index (χ0v) is 13.8. The number of anilines is 1. The molecule has 1 N–H and O–H groups in total. The van der Waals surface area contributed by atoms with Crippen LogP contribution in [0.2, 0.25) is 5.02 Å². The van der Waals surface area contributed by atoms with E-state index in [0.717, 1.165) is 38.9 Å². The molecule has 24 heavy (non-hydrogen) atoms. The van der Waals surface area contributed by atoms with Crippen LogP contribution in [0.5, 0.6) is 0 Å². The van der Waals surface area contributed by atoms with Crippen LogP contribution < -0.4 is 5.43 Å². The number of fused-ring (bicyclic) bond motifs is 3. The van der Waals surface area contributed by atoms with Crippen LogP contribution in [-0.2, 0) is 0 Å². The van der Waals surface area contributed by atoms with E-state index in [1.54, 1.807) is 0 Å². The lowest BCUT2D eigenvalue weighted by atomic mass is 10.1. The van der Waals surface area contributed by atoms with Gasteiger partial charge in [-0.1, -0.05) is 29.8 Å². The van der Waals surface area contributed by atoms with Crippen LogP contribution in [-0.4, -0.2) is 5.71 Å². The van der Waals surface area contributed by atoms with Gasteiger partial charge < -0.3 is 4.42 Å². The zero-order valence-electron chi connectivity index (χ0n) is 13.1. The van der Waals surface area contributed by atoms with Crippen molar-refractivity contribution in [2.75, 3.05) is 5.43 Å². The van der Waals surface area contributed by atoms with Crippen LogP contribution >= 0.6 is 11.6 Å². The number of rotatable bonds is 3. The highest BCUT2D eigenvalue weighted by atomic mass is 35.5. The highest BCUT2D eigenvalue weighted by Crippen LogP contribution is 2.29. The molecule has 4 rings (SSSR count). The highest BCUT2D eigenvalue weighted by Gasteiger charge is 2.08. The fraction of sp³-hybridized carbons (Fsp3) is 0.0500. The van der Waals surface area contributed by atoms with Gasteiger partial charge in [-0.15, -0.1) is 0 Å². The quantitative estimate of drug-likeness (QED) is 0.364. The van der Waals surface area contributed by atoms with E-state index < -0.39 is 0 Å². The fourth-order valence-electron chi connectivity index (χ4n) is 2.69. The molecule has 0 aliphatic rings. The summed E-state index contributed by atoms with van der Waals surface area (Å²) in [4.78, 5) is 0. The van der Waals surface area contributed by atoms with Gasteiger partial charge in [0.25, 0.3) is 0 Å². The van der Waals surface area contributed by atoms with Crippen LogP contribution in [0.1, 0.15) is 12.5 Å². The number of benzene rings is 3. The molecule has 0 amide bonds. The topological polar surface area (TPSA) is 37.5 Å². The number of furan rings is 1. The van der Waals surface area contributed by atoms with E-state index in [-0.39, 0.29) is 0 Å². The molecule has 4 heteroatoms. The minimum Gasteiger partial charge on any atom is -0.456 e. The van der Waals surface area contributed by atoms with Crippen molar-refractivity contribution in [3.05, 3.63) is 77.3 Å². The molecule has 0 fully saturated rings. The summed E-state index contributed by atoms with van der Waals surface area (Å²) in [5.41, 5.74) is 7.69. The van der Waals surface area contributed by atoms with Crippen molar-refractivity contribution in [2.45, 2.75) is 6.92 Å². The molecular weight excluding hydrogens is 320 g/mol. The van der Waals surface area contributed by atoms with Gasteiger partial charge in [0.2, 0.25) is 0 Å². The summed E-state index contributed by atoms with van der Waals surface area (Å²) in [7, 11) is 0. The standard InChI is InChI=1S/C20H15ClN2O/c1-13(22-23-16-9-7-15(21)8-10-16)14-6-11-20-18(12-14)17-4-2-3-5-19(17)24-20/h2-12,23H,1H3/b22-13+. The molecule has 0 aliphatic carbocycles. The van der Waals surface area contributed by atoms with Gasteiger partial charge >= 0.3 is 0 Å². The Bertz CT molecular complexity index is 1050. The SMILES string of the molecule is C/C(=N\Nc1ccc(Cl)cc1)c1ccc2oc3ccccc3c2c1. The van der Waals surface area contributed by atoms with Crippen molar-refractivity contribution in [1.82, 2.24) is 0 Å². The number of halogens is 1. The monoisotopic (exact) mass is 334 g/mol. The Kier molecular flexibility index (Phi) is 3.71. The summed E-state index contributed by atoms with van der Waals surface area (Å²) >= 11 is 5.89. The van der Waals surface area contributed by atoms with E-state index in [1.165, 1.54) is 0 Å². The van der Waals surface area contributed by atoms with E-state index in [1.807, 2.05) is 61.5 Å². The third-order valence-electron chi connectivity index (χ3n) is 3.99. The Morgan fingerprint density at radius 2 is 1.67 bits per heavy atom. The summed E-state index contributed by atoms with van der Waals surface area (Å²) in [6.45, 7) is 1.98. The van der Waals surface area contributed by atoms with E-state index in [0.29, 0.717) is 5.02 Å². The molecule has 0 saturated carbocycles. The van der Waals surface area contributed by atoms with Crippen molar-refractivity contribution in [2.24, 2.45) is 5.10 Å². The molecule has 0 bridgehead atoms. The van der Waals surface area contributed by atoms with Gasteiger partial charge in [-0.2, -0.15) is 5.10 Å². The second kappa shape index (κ2) is 6.02. The molecule has 0 saturated heterocycles. The molecule has 0 radical (unpaired) electrons. The van der Waals surface area contributed by atoms with E-state index in [9.17, 15) is 0 Å². The van der Waals surface area contributed by atoms with E-state index in [4.69, 9.17) is 16.0 Å². The number of nitrogens with zero attached hydrogens (tertiary/aromatic N) is 1. The maximum atomic E-state index is 5.89. The minimum absolute atomic E-state index is 0.707. The molecule has 118 valence electrons. The Balaban J connectivity index is 1.68. The molecule has 0 atom stereocenters. The molecule has 1 heterocycles. The van der Waals surface area contributed by atoms with Crippen LogP contribution in [0.3, 0.4) is 0 Å². The molecule has 3 nitrogen and oxygen atoms in total. The third-order valence-corrected chi connectivity index (χ3v) is 4.24. The van der Waals surface area contributed by atoms with Crippen LogP contribution in [0.25, 0.3) is 21.9 Å². The first kappa shape index (κ1) is 14.8. The molecule has 3 aromatic carbocycles. The second-order valence-corrected chi connectivity index (χ2v) is 6.06. The van der Waals surface area contributed by atoms with E-state index >= 15 is 0 Å². The van der Waals surface area contributed by atoms with Gasteiger partial charge in [0.1, 0.15) is 11.2 Å². The number of hydrogen-bond acceptors (Lipinski definition) is 3. The number of nitrogens with one attached hydrogen (secondary N) is 1. The normalized spacial score (nSPS) is 12.0. The molecule has 4 aromatic rings. The van der Waals surface area contributed by atoms with Crippen molar-refractivity contribution in [3.63, 3.8) is 0 Å². The first-order valence-electron chi connectivity index (χ1n) is 7.68. The lowest BCUT2D eigenvalue weighted by molar-refractivity contribution is 0.669. The molecule has 0 aliphatic heterocycles. The molecule has 0 unspecified atom stereocenters. The number of hydrogen-bond donors (Lipinski definition) is 1. The maximum absolute atomic E-state index is 5.89. The van der Waals surface area contributed by atoms with Gasteiger partial charge in [-0.25, -0.2) is 0 Å².